The Morgan fingerprint density at radius 3 is 2.89 bits per heavy atom. The van der Waals surface area contributed by atoms with Crippen molar-refractivity contribution >= 4 is 28.8 Å². The van der Waals surface area contributed by atoms with Crippen LogP contribution in [-0.4, -0.2) is 29.4 Å². The Morgan fingerprint density at radius 2 is 2.21 bits per heavy atom. The van der Waals surface area contributed by atoms with E-state index in [9.17, 15) is 4.79 Å². The maximum atomic E-state index is 10.8. The minimum atomic E-state index is -0.343. The molecule has 0 aliphatic rings. The van der Waals surface area contributed by atoms with Gasteiger partial charge in [0, 0.05) is 17.5 Å². The van der Waals surface area contributed by atoms with Crippen molar-refractivity contribution in [2.45, 2.75) is 6.54 Å². The van der Waals surface area contributed by atoms with E-state index in [0.717, 1.165) is 16.3 Å². The van der Waals surface area contributed by atoms with Gasteiger partial charge < -0.3 is 5.73 Å². The van der Waals surface area contributed by atoms with E-state index in [1.54, 1.807) is 0 Å². The van der Waals surface area contributed by atoms with Crippen LogP contribution in [0.5, 0.6) is 0 Å². The molecule has 2 N–H and O–H groups in total. The SMILES string of the molecule is CN(CC(N)=O)Cc1csc(-c2ccccc2Cl)n1. The number of nitrogens with two attached hydrogens (primary N) is 1. The summed E-state index contributed by atoms with van der Waals surface area (Å²) in [4.78, 5) is 17.2. The van der Waals surface area contributed by atoms with Crippen molar-refractivity contribution in [1.29, 1.82) is 0 Å². The van der Waals surface area contributed by atoms with Gasteiger partial charge in [-0.15, -0.1) is 11.3 Å². The summed E-state index contributed by atoms with van der Waals surface area (Å²) in [7, 11) is 1.83. The zero-order valence-electron chi connectivity index (χ0n) is 10.5. The summed E-state index contributed by atoms with van der Waals surface area (Å²) in [5.41, 5.74) is 6.98. The van der Waals surface area contributed by atoms with Crippen LogP contribution in [0.25, 0.3) is 10.6 Å². The number of primary amides is 1. The third-order valence-corrected chi connectivity index (χ3v) is 3.77. The summed E-state index contributed by atoms with van der Waals surface area (Å²) in [6, 6.07) is 7.61. The van der Waals surface area contributed by atoms with Crippen LogP contribution in [-0.2, 0) is 11.3 Å². The van der Waals surface area contributed by atoms with Gasteiger partial charge in [-0.3, -0.25) is 9.69 Å². The second-order valence-corrected chi connectivity index (χ2v) is 5.53. The molecular formula is C13H14ClN3OS. The van der Waals surface area contributed by atoms with E-state index in [4.69, 9.17) is 17.3 Å². The van der Waals surface area contributed by atoms with Crippen molar-refractivity contribution in [3.05, 3.63) is 40.4 Å². The molecule has 0 spiro atoms. The van der Waals surface area contributed by atoms with Gasteiger partial charge in [0.05, 0.1) is 17.3 Å². The van der Waals surface area contributed by atoms with E-state index < -0.39 is 0 Å². The molecule has 0 radical (unpaired) electrons. The lowest BCUT2D eigenvalue weighted by molar-refractivity contribution is -0.118. The van der Waals surface area contributed by atoms with Gasteiger partial charge in [0.1, 0.15) is 5.01 Å². The molecule has 0 aliphatic heterocycles. The number of halogens is 1. The van der Waals surface area contributed by atoms with Crippen molar-refractivity contribution in [2.75, 3.05) is 13.6 Å². The minimum Gasteiger partial charge on any atom is -0.369 e. The van der Waals surface area contributed by atoms with E-state index >= 15 is 0 Å². The Hall–Kier alpha value is -1.43. The molecule has 1 heterocycles. The molecule has 0 aliphatic carbocycles. The van der Waals surface area contributed by atoms with Crippen LogP contribution in [0.3, 0.4) is 0 Å². The summed E-state index contributed by atoms with van der Waals surface area (Å²) in [6.45, 7) is 0.808. The lowest BCUT2D eigenvalue weighted by atomic mass is 10.2. The highest BCUT2D eigenvalue weighted by atomic mass is 35.5. The predicted molar refractivity (Wildman–Crippen MR) is 78.1 cm³/mol. The van der Waals surface area contributed by atoms with Crippen LogP contribution >= 0.6 is 22.9 Å². The normalized spacial score (nSPS) is 10.9. The number of carbonyl (C=O) groups excluding carboxylic acids is 1. The molecular weight excluding hydrogens is 282 g/mol. The number of benzene rings is 1. The van der Waals surface area contributed by atoms with Crippen molar-refractivity contribution in [2.24, 2.45) is 5.73 Å². The summed E-state index contributed by atoms with van der Waals surface area (Å²) in [5, 5.41) is 3.54. The van der Waals surface area contributed by atoms with Crippen molar-refractivity contribution in [3.8, 4) is 10.6 Å². The van der Waals surface area contributed by atoms with Crippen molar-refractivity contribution in [1.82, 2.24) is 9.88 Å². The molecule has 6 heteroatoms. The number of aromatic nitrogens is 1. The standard InChI is InChI=1S/C13H14ClN3OS/c1-17(7-12(15)18)6-9-8-19-13(16-9)10-4-2-3-5-11(10)14/h2-5,8H,6-7H2,1H3,(H2,15,18). The number of nitrogens with zero attached hydrogens (tertiary/aromatic N) is 2. The Kier molecular flexibility index (Phi) is 4.52. The van der Waals surface area contributed by atoms with Gasteiger partial charge in [-0.05, 0) is 13.1 Å². The lowest BCUT2D eigenvalue weighted by Gasteiger charge is -2.11. The van der Waals surface area contributed by atoms with E-state index in [1.165, 1.54) is 11.3 Å². The molecule has 0 unspecified atom stereocenters. The second-order valence-electron chi connectivity index (χ2n) is 4.26. The quantitative estimate of drug-likeness (QED) is 0.921. The average Bonchev–Trinajstić information content (AvgIpc) is 2.76. The van der Waals surface area contributed by atoms with Crippen LogP contribution < -0.4 is 5.73 Å². The van der Waals surface area contributed by atoms with Gasteiger partial charge in [0.25, 0.3) is 0 Å². The molecule has 2 rings (SSSR count). The Morgan fingerprint density at radius 1 is 1.47 bits per heavy atom. The lowest BCUT2D eigenvalue weighted by Crippen LogP contribution is -2.30. The number of amides is 1. The van der Waals surface area contributed by atoms with Crippen LogP contribution in [0.1, 0.15) is 5.69 Å². The predicted octanol–water partition coefficient (Wildman–Crippen LogP) is 2.38. The number of rotatable bonds is 5. The summed E-state index contributed by atoms with van der Waals surface area (Å²) in [6.07, 6.45) is 0. The largest absolute Gasteiger partial charge is 0.369 e. The van der Waals surface area contributed by atoms with Gasteiger partial charge in [0.15, 0.2) is 0 Å². The molecule has 2 aromatic rings. The fourth-order valence-electron chi connectivity index (χ4n) is 1.74. The van der Waals surface area contributed by atoms with Gasteiger partial charge in [-0.25, -0.2) is 4.98 Å². The van der Waals surface area contributed by atoms with Crippen molar-refractivity contribution in [3.63, 3.8) is 0 Å². The monoisotopic (exact) mass is 295 g/mol. The smallest absolute Gasteiger partial charge is 0.231 e. The van der Waals surface area contributed by atoms with E-state index in [0.29, 0.717) is 11.6 Å². The first-order valence-electron chi connectivity index (χ1n) is 5.72. The molecule has 0 fully saturated rings. The van der Waals surface area contributed by atoms with E-state index in [2.05, 4.69) is 4.98 Å². The molecule has 0 saturated carbocycles. The van der Waals surface area contributed by atoms with Gasteiger partial charge in [-0.1, -0.05) is 29.8 Å². The summed E-state index contributed by atoms with van der Waals surface area (Å²) < 4.78 is 0. The molecule has 1 aromatic heterocycles. The first kappa shape index (κ1) is 14.0. The minimum absolute atomic E-state index is 0.221. The van der Waals surface area contributed by atoms with Crippen LogP contribution in [0, 0.1) is 0 Å². The highest BCUT2D eigenvalue weighted by molar-refractivity contribution is 7.13. The molecule has 1 amide bonds. The van der Waals surface area contributed by atoms with E-state index in [1.807, 2.05) is 41.6 Å². The van der Waals surface area contributed by atoms with Crippen molar-refractivity contribution < 1.29 is 4.79 Å². The number of hydrogen-bond acceptors (Lipinski definition) is 4. The molecule has 0 atom stereocenters. The molecule has 0 saturated heterocycles. The third kappa shape index (κ3) is 3.76. The number of likely N-dealkylation sites (N-methyl/N-ethyl adjacent to an activating group) is 1. The van der Waals surface area contributed by atoms with Gasteiger partial charge in [-0.2, -0.15) is 0 Å². The van der Waals surface area contributed by atoms with Gasteiger partial charge in [0.2, 0.25) is 5.91 Å². The second kappa shape index (κ2) is 6.14. The number of hydrogen-bond donors (Lipinski definition) is 1. The first-order valence-corrected chi connectivity index (χ1v) is 6.98. The molecule has 0 bridgehead atoms. The molecule has 4 nitrogen and oxygen atoms in total. The number of carbonyl (C=O) groups is 1. The fourth-order valence-corrected chi connectivity index (χ4v) is 2.87. The zero-order valence-corrected chi connectivity index (χ0v) is 12.0. The topological polar surface area (TPSA) is 59.2 Å². The highest BCUT2D eigenvalue weighted by Crippen LogP contribution is 2.30. The Labute approximate surface area is 120 Å². The Bertz CT molecular complexity index is 585. The van der Waals surface area contributed by atoms with E-state index in [-0.39, 0.29) is 12.5 Å². The van der Waals surface area contributed by atoms with Crippen LogP contribution in [0.4, 0.5) is 0 Å². The van der Waals surface area contributed by atoms with Crippen LogP contribution in [0.15, 0.2) is 29.6 Å². The van der Waals surface area contributed by atoms with Gasteiger partial charge >= 0.3 is 0 Å². The van der Waals surface area contributed by atoms with Crippen LogP contribution in [0.2, 0.25) is 5.02 Å². The maximum Gasteiger partial charge on any atom is 0.231 e. The summed E-state index contributed by atoms with van der Waals surface area (Å²) >= 11 is 7.68. The number of thiazole rings is 1. The molecule has 19 heavy (non-hydrogen) atoms. The zero-order chi connectivity index (χ0) is 13.8. The Balaban J connectivity index is 2.11. The highest BCUT2D eigenvalue weighted by Gasteiger charge is 2.10. The maximum absolute atomic E-state index is 10.8. The third-order valence-electron chi connectivity index (χ3n) is 2.51. The fraction of sp³-hybridized carbons (Fsp3) is 0.231. The summed E-state index contributed by atoms with van der Waals surface area (Å²) in [5.74, 6) is -0.343. The molecule has 100 valence electrons. The molecule has 1 aromatic carbocycles. The first-order chi connectivity index (χ1) is 9.06. The average molecular weight is 296 g/mol.